The Kier molecular flexibility index (Phi) is 6.95. The Morgan fingerprint density at radius 2 is 2.07 bits per heavy atom. The molecular weight excluding hydrogens is 366 g/mol. The normalized spacial score (nSPS) is 11.3. The van der Waals surface area contributed by atoms with Gasteiger partial charge in [-0.3, -0.25) is 9.59 Å². The van der Waals surface area contributed by atoms with Crippen LogP contribution in [0.4, 0.5) is 0 Å². The number of aromatic nitrogens is 4. The van der Waals surface area contributed by atoms with E-state index in [-0.39, 0.29) is 11.7 Å². The van der Waals surface area contributed by atoms with Gasteiger partial charge in [0.2, 0.25) is 11.1 Å². The first-order valence-electron chi connectivity index (χ1n) is 8.58. The number of amides is 1. The second-order valence-electron chi connectivity index (χ2n) is 6.96. The van der Waals surface area contributed by atoms with Crippen molar-refractivity contribution in [2.45, 2.75) is 51.2 Å². The maximum atomic E-state index is 12.2. The van der Waals surface area contributed by atoms with Gasteiger partial charge in [0.05, 0.1) is 7.11 Å². The highest BCUT2D eigenvalue weighted by Crippen LogP contribution is 2.27. The number of nitrogens with zero attached hydrogens (tertiary/aromatic N) is 4. The van der Waals surface area contributed by atoms with Crippen LogP contribution in [0.3, 0.4) is 0 Å². The van der Waals surface area contributed by atoms with Crippen molar-refractivity contribution in [1.29, 1.82) is 0 Å². The Bertz CT molecular complexity index is 819. The van der Waals surface area contributed by atoms with Crippen LogP contribution in [0.5, 0.6) is 5.75 Å². The number of rotatable bonds is 9. The first kappa shape index (κ1) is 20.9. The molecule has 2 aromatic rings. The lowest BCUT2D eigenvalue weighted by Gasteiger charge is -2.24. The molecule has 0 aliphatic rings. The second kappa shape index (κ2) is 8.98. The van der Waals surface area contributed by atoms with Gasteiger partial charge in [0, 0.05) is 24.1 Å². The molecule has 27 heavy (non-hydrogen) atoms. The van der Waals surface area contributed by atoms with Gasteiger partial charge < -0.3 is 10.1 Å². The first-order chi connectivity index (χ1) is 12.7. The smallest absolute Gasteiger partial charge is 0.221 e. The molecule has 0 atom stereocenters. The van der Waals surface area contributed by atoms with E-state index in [2.05, 4.69) is 20.8 Å². The summed E-state index contributed by atoms with van der Waals surface area (Å²) in [5.74, 6) is 1.11. The van der Waals surface area contributed by atoms with Crippen LogP contribution < -0.4 is 10.1 Å². The molecule has 0 aliphatic heterocycles. The van der Waals surface area contributed by atoms with E-state index in [1.54, 1.807) is 11.8 Å². The molecule has 2 rings (SSSR count). The molecule has 1 aromatic heterocycles. The quantitative estimate of drug-likeness (QED) is 0.655. The van der Waals surface area contributed by atoms with E-state index in [0.717, 1.165) is 11.3 Å². The standard InChI is InChI=1S/C18H25N5O3S/c1-12-6-7-15(26-5)14(10-12)23-17(20-21-22-23)27-9-8-16(25)19-18(3,4)11-13(2)24/h6-7,10H,8-9,11H2,1-5H3,(H,19,25). The number of Topliss-reactive ketones (excluding diaryl/α,β-unsaturated/α-hetero) is 1. The van der Waals surface area contributed by atoms with Crippen LogP contribution in [0.2, 0.25) is 0 Å². The van der Waals surface area contributed by atoms with E-state index in [9.17, 15) is 9.59 Å². The number of benzene rings is 1. The molecule has 0 spiro atoms. The molecule has 9 heteroatoms. The molecule has 8 nitrogen and oxygen atoms in total. The molecule has 1 heterocycles. The highest BCUT2D eigenvalue weighted by Gasteiger charge is 2.22. The molecule has 0 saturated heterocycles. The number of nitrogens with one attached hydrogen (secondary N) is 1. The van der Waals surface area contributed by atoms with E-state index in [0.29, 0.717) is 29.5 Å². The Balaban J connectivity index is 1.99. The summed E-state index contributed by atoms with van der Waals surface area (Å²) in [7, 11) is 1.60. The number of hydrogen-bond donors (Lipinski definition) is 1. The summed E-state index contributed by atoms with van der Waals surface area (Å²) >= 11 is 1.39. The van der Waals surface area contributed by atoms with Crippen LogP contribution in [-0.4, -0.2) is 50.3 Å². The molecule has 0 bridgehead atoms. The number of tetrazole rings is 1. The molecular formula is C18H25N5O3S. The van der Waals surface area contributed by atoms with Crippen molar-refractivity contribution < 1.29 is 14.3 Å². The van der Waals surface area contributed by atoms with Crippen molar-refractivity contribution in [3.63, 3.8) is 0 Å². The Labute approximate surface area is 163 Å². The molecule has 1 N–H and O–H groups in total. The van der Waals surface area contributed by atoms with Gasteiger partial charge in [0.15, 0.2) is 0 Å². The van der Waals surface area contributed by atoms with Gasteiger partial charge in [0.25, 0.3) is 0 Å². The maximum Gasteiger partial charge on any atom is 0.221 e. The summed E-state index contributed by atoms with van der Waals surface area (Å²) in [4.78, 5) is 23.4. The fourth-order valence-corrected chi connectivity index (χ4v) is 3.55. The molecule has 0 saturated carbocycles. The minimum atomic E-state index is -0.551. The summed E-state index contributed by atoms with van der Waals surface area (Å²) in [6.45, 7) is 7.17. The molecule has 0 unspecified atom stereocenters. The Morgan fingerprint density at radius 3 is 2.74 bits per heavy atom. The number of carbonyl (C=O) groups excluding carboxylic acids is 2. The SMILES string of the molecule is COc1ccc(C)cc1-n1nnnc1SCCC(=O)NC(C)(C)CC(C)=O. The highest BCUT2D eigenvalue weighted by atomic mass is 32.2. The summed E-state index contributed by atoms with van der Waals surface area (Å²) in [5, 5.41) is 15.3. The van der Waals surface area contributed by atoms with Gasteiger partial charge in [-0.2, -0.15) is 4.68 Å². The van der Waals surface area contributed by atoms with Crippen molar-refractivity contribution >= 4 is 23.5 Å². The number of aryl methyl sites for hydroxylation is 1. The zero-order valence-electron chi connectivity index (χ0n) is 16.3. The zero-order valence-corrected chi connectivity index (χ0v) is 17.1. The average molecular weight is 391 g/mol. The number of hydrogen-bond acceptors (Lipinski definition) is 7. The molecule has 1 aromatic carbocycles. The van der Waals surface area contributed by atoms with Gasteiger partial charge in [0.1, 0.15) is 17.2 Å². The van der Waals surface area contributed by atoms with Crippen molar-refractivity contribution in [2.24, 2.45) is 0 Å². The minimum absolute atomic E-state index is 0.0425. The third kappa shape index (κ3) is 6.06. The van der Waals surface area contributed by atoms with Crippen molar-refractivity contribution in [1.82, 2.24) is 25.5 Å². The fourth-order valence-electron chi connectivity index (χ4n) is 2.73. The van der Waals surface area contributed by atoms with Crippen LogP contribution in [0.1, 0.15) is 39.2 Å². The number of ketones is 1. The average Bonchev–Trinajstić information content (AvgIpc) is 3.01. The molecule has 146 valence electrons. The monoisotopic (exact) mass is 391 g/mol. The summed E-state index contributed by atoms with van der Waals surface area (Å²) in [5.41, 5.74) is 1.26. The predicted molar refractivity (Wildman–Crippen MR) is 103 cm³/mol. The third-order valence-electron chi connectivity index (χ3n) is 3.73. The number of thioether (sulfide) groups is 1. The highest BCUT2D eigenvalue weighted by molar-refractivity contribution is 7.99. The molecule has 0 aliphatic carbocycles. The van der Waals surface area contributed by atoms with Gasteiger partial charge in [-0.1, -0.05) is 17.8 Å². The lowest BCUT2D eigenvalue weighted by Crippen LogP contribution is -2.44. The summed E-state index contributed by atoms with van der Waals surface area (Å²) < 4.78 is 7.00. The second-order valence-corrected chi connectivity index (χ2v) is 8.02. The van der Waals surface area contributed by atoms with E-state index >= 15 is 0 Å². The van der Waals surface area contributed by atoms with E-state index < -0.39 is 5.54 Å². The largest absolute Gasteiger partial charge is 0.494 e. The lowest BCUT2D eigenvalue weighted by atomic mass is 9.98. The topological polar surface area (TPSA) is 99.0 Å². The zero-order chi connectivity index (χ0) is 20.0. The Hall–Kier alpha value is -2.42. The van der Waals surface area contributed by atoms with E-state index in [1.165, 1.54) is 18.7 Å². The van der Waals surface area contributed by atoms with Crippen LogP contribution in [-0.2, 0) is 9.59 Å². The van der Waals surface area contributed by atoms with Crippen molar-refractivity contribution in [3.05, 3.63) is 23.8 Å². The van der Waals surface area contributed by atoms with E-state index in [4.69, 9.17) is 4.74 Å². The van der Waals surface area contributed by atoms with Crippen LogP contribution in [0.25, 0.3) is 5.69 Å². The third-order valence-corrected chi connectivity index (χ3v) is 4.65. The lowest BCUT2D eigenvalue weighted by molar-refractivity contribution is -0.123. The van der Waals surface area contributed by atoms with Crippen LogP contribution >= 0.6 is 11.8 Å². The molecule has 1 amide bonds. The number of ether oxygens (including phenoxy) is 1. The predicted octanol–water partition coefficient (Wildman–Crippen LogP) is 2.34. The van der Waals surface area contributed by atoms with Gasteiger partial charge >= 0.3 is 0 Å². The summed E-state index contributed by atoms with van der Waals surface area (Å²) in [6.07, 6.45) is 0.598. The van der Waals surface area contributed by atoms with Crippen LogP contribution in [0.15, 0.2) is 23.4 Å². The van der Waals surface area contributed by atoms with E-state index in [1.807, 2.05) is 39.0 Å². The van der Waals surface area contributed by atoms with Gasteiger partial charge in [-0.05, 0) is 55.8 Å². The van der Waals surface area contributed by atoms with Crippen molar-refractivity contribution in [2.75, 3.05) is 12.9 Å². The number of carbonyl (C=O) groups is 2. The summed E-state index contributed by atoms with van der Waals surface area (Å²) in [6, 6.07) is 5.76. The molecule has 0 fully saturated rings. The number of methoxy groups -OCH3 is 1. The minimum Gasteiger partial charge on any atom is -0.494 e. The van der Waals surface area contributed by atoms with Crippen LogP contribution in [0, 0.1) is 6.92 Å². The Morgan fingerprint density at radius 1 is 1.33 bits per heavy atom. The first-order valence-corrected chi connectivity index (χ1v) is 9.57. The fraction of sp³-hybridized carbons (Fsp3) is 0.500. The van der Waals surface area contributed by atoms with Gasteiger partial charge in [-0.15, -0.1) is 5.10 Å². The molecule has 0 radical (unpaired) electrons. The maximum absolute atomic E-state index is 12.2. The van der Waals surface area contributed by atoms with Crippen molar-refractivity contribution in [3.8, 4) is 11.4 Å². The van der Waals surface area contributed by atoms with Gasteiger partial charge in [-0.25, -0.2) is 0 Å².